The Morgan fingerprint density at radius 1 is 1.16 bits per heavy atom. The van der Waals surface area contributed by atoms with Crippen molar-refractivity contribution < 1.29 is 14.9 Å². The molecule has 5 heterocycles. The molecule has 0 radical (unpaired) electrons. The van der Waals surface area contributed by atoms with E-state index in [1.165, 1.54) is 11.9 Å². The van der Waals surface area contributed by atoms with Gasteiger partial charge in [0, 0.05) is 18.1 Å². The predicted molar refractivity (Wildman–Crippen MR) is 120 cm³/mol. The monoisotopic (exact) mass is 432 g/mol. The van der Waals surface area contributed by atoms with Crippen molar-refractivity contribution in [3.05, 3.63) is 54.0 Å². The number of benzene rings is 1. The second kappa shape index (κ2) is 7.40. The lowest BCUT2D eigenvalue weighted by Crippen LogP contribution is -2.31. The summed E-state index contributed by atoms with van der Waals surface area (Å²) >= 11 is 0. The zero-order valence-electron chi connectivity index (χ0n) is 17.3. The van der Waals surface area contributed by atoms with Crippen molar-refractivity contribution in [2.45, 2.75) is 43.8 Å². The smallest absolute Gasteiger partial charge is 0.164 e. The van der Waals surface area contributed by atoms with E-state index in [9.17, 15) is 10.2 Å². The van der Waals surface area contributed by atoms with Gasteiger partial charge in [-0.1, -0.05) is 12.1 Å². The lowest BCUT2D eigenvalue weighted by Gasteiger charge is -2.17. The molecule has 9 nitrogen and oxygen atoms in total. The lowest BCUT2D eigenvalue weighted by atomic mass is 10.0. The Hall–Kier alpha value is -3.27. The third-order valence-electron chi connectivity index (χ3n) is 6.52. The molecule has 6 rings (SSSR count). The number of nitrogen functional groups attached to an aromatic ring is 1. The van der Waals surface area contributed by atoms with Gasteiger partial charge in [0.15, 0.2) is 6.23 Å². The van der Waals surface area contributed by atoms with E-state index in [4.69, 9.17) is 15.5 Å². The molecule has 3 aromatic heterocycles. The minimum Gasteiger partial charge on any atom is -0.388 e. The van der Waals surface area contributed by atoms with Crippen molar-refractivity contribution in [1.82, 2.24) is 19.5 Å². The number of fused-ring (bicyclic) bond motifs is 3. The zero-order chi connectivity index (χ0) is 21.8. The fourth-order valence-corrected chi connectivity index (χ4v) is 4.77. The number of aliphatic hydroxyl groups is 2. The highest BCUT2D eigenvalue weighted by Gasteiger charge is 2.43. The van der Waals surface area contributed by atoms with Gasteiger partial charge in [0.25, 0.3) is 0 Å². The minimum absolute atomic E-state index is 0.365. The first-order valence-electron chi connectivity index (χ1n) is 10.8. The summed E-state index contributed by atoms with van der Waals surface area (Å²) in [4.78, 5) is 13.0. The molecule has 1 fully saturated rings. The molecule has 9 heteroatoms. The lowest BCUT2D eigenvalue weighted by molar-refractivity contribution is -0.0364. The van der Waals surface area contributed by atoms with Gasteiger partial charge in [-0.2, -0.15) is 0 Å². The van der Waals surface area contributed by atoms with Crippen molar-refractivity contribution in [2.75, 3.05) is 17.6 Å². The molecule has 0 amide bonds. The third-order valence-corrected chi connectivity index (χ3v) is 6.52. The second-order valence-corrected chi connectivity index (χ2v) is 8.50. The van der Waals surface area contributed by atoms with Crippen molar-refractivity contribution in [3.63, 3.8) is 0 Å². The maximum atomic E-state index is 10.7. The fraction of sp³-hybridized carbons (Fsp3) is 0.348. The molecule has 4 atom stereocenters. The SMILES string of the molecule is Nc1ncnc2c1ccn2[C@@H]1O[C@H](CCc2ccc3cc4c(nc3c2)NCC4)[C@@H](O)[C@H]1O. The standard InChI is InChI=1S/C23H24N6O3/c24-20-15-6-8-29(22(15)27-11-26-20)23-19(31)18(30)17(32-23)4-2-12-1-3-13-10-14-5-7-25-21(14)28-16(13)9-12/h1,3,6,8-11,17-19,23,30-31H,2,4-5,7H2,(H,25,28)(H2,24,26,27)/t17-,18-,19-,23-/m1/s1. The van der Waals surface area contributed by atoms with Crippen molar-refractivity contribution in [2.24, 2.45) is 0 Å². The van der Waals surface area contributed by atoms with E-state index in [0.29, 0.717) is 29.7 Å². The summed E-state index contributed by atoms with van der Waals surface area (Å²) in [5.41, 5.74) is 9.81. The average molecular weight is 432 g/mol. The topological polar surface area (TPSA) is 131 Å². The number of rotatable bonds is 4. The van der Waals surface area contributed by atoms with Gasteiger partial charge in [0.05, 0.1) is 17.0 Å². The summed E-state index contributed by atoms with van der Waals surface area (Å²) in [6.45, 7) is 0.932. The predicted octanol–water partition coefficient (Wildman–Crippen LogP) is 1.78. The Morgan fingerprint density at radius 2 is 2.06 bits per heavy atom. The number of pyridine rings is 1. The van der Waals surface area contributed by atoms with Crippen LogP contribution in [0.2, 0.25) is 0 Å². The van der Waals surface area contributed by atoms with Gasteiger partial charge < -0.3 is 30.6 Å². The quantitative estimate of drug-likeness (QED) is 0.384. The Labute approximate surface area is 183 Å². The molecule has 2 aliphatic rings. The maximum Gasteiger partial charge on any atom is 0.164 e. The molecule has 164 valence electrons. The summed E-state index contributed by atoms with van der Waals surface area (Å²) in [7, 11) is 0. The van der Waals surface area contributed by atoms with E-state index in [0.717, 1.165) is 35.2 Å². The van der Waals surface area contributed by atoms with Crippen LogP contribution in [-0.4, -0.2) is 54.6 Å². The summed E-state index contributed by atoms with van der Waals surface area (Å²) in [5.74, 6) is 1.34. The highest BCUT2D eigenvalue weighted by molar-refractivity contribution is 5.86. The number of nitrogens with one attached hydrogen (secondary N) is 1. The Balaban J connectivity index is 1.20. The van der Waals surface area contributed by atoms with Gasteiger partial charge >= 0.3 is 0 Å². The van der Waals surface area contributed by atoms with Crippen LogP contribution in [-0.2, 0) is 17.6 Å². The molecule has 5 N–H and O–H groups in total. The van der Waals surface area contributed by atoms with E-state index in [1.807, 2.05) is 0 Å². The van der Waals surface area contributed by atoms with Crippen LogP contribution in [0.5, 0.6) is 0 Å². The molecule has 4 aromatic rings. The van der Waals surface area contributed by atoms with Crippen LogP contribution in [0.15, 0.2) is 42.9 Å². The number of aliphatic hydroxyl groups excluding tert-OH is 2. The number of ether oxygens (including phenoxy) is 1. The van der Waals surface area contributed by atoms with E-state index in [2.05, 4.69) is 39.6 Å². The van der Waals surface area contributed by atoms with Crippen LogP contribution in [0.25, 0.3) is 21.9 Å². The summed E-state index contributed by atoms with van der Waals surface area (Å²) in [5, 5.41) is 26.4. The number of nitrogens with two attached hydrogens (primary N) is 1. The zero-order valence-corrected chi connectivity index (χ0v) is 17.3. The first-order valence-corrected chi connectivity index (χ1v) is 10.8. The Morgan fingerprint density at radius 3 is 2.97 bits per heavy atom. The first kappa shape index (κ1) is 19.4. The van der Waals surface area contributed by atoms with Crippen molar-refractivity contribution in [1.29, 1.82) is 0 Å². The van der Waals surface area contributed by atoms with Crippen LogP contribution in [0.4, 0.5) is 11.6 Å². The summed E-state index contributed by atoms with van der Waals surface area (Å²) in [6.07, 6.45) is 2.09. The van der Waals surface area contributed by atoms with Crippen LogP contribution >= 0.6 is 0 Å². The van der Waals surface area contributed by atoms with Crippen molar-refractivity contribution >= 4 is 33.6 Å². The number of aromatic nitrogens is 4. The maximum absolute atomic E-state index is 10.7. The van der Waals surface area contributed by atoms with Crippen LogP contribution in [0.1, 0.15) is 23.8 Å². The number of hydrogen-bond donors (Lipinski definition) is 4. The van der Waals surface area contributed by atoms with E-state index >= 15 is 0 Å². The summed E-state index contributed by atoms with van der Waals surface area (Å²) < 4.78 is 7.79. The van der Waals surface area contributed by atoms with Gasteiger partial charge in [0.1, 0.15) is 35.8 Å². The molecular weight excluding hydrogens is 408 g/mol. The van der Waals surface area contributed by atoms with Crippen LogP contribution in [0.3, 0.4) is 0 Å². The molecule has 1 aromatic carbocycles. The number of aryl methyl sites for hydroxylation is 1. The average Bonchev–Trinajstić information content (AvgIpc) is 3.50. The molecule has 0 spiro atoms. The van der Waals surface area contributed by atoms with Gasteiger partial charge in [-0.05, 0) is 48.6 Å². The highest BCUT2D eigenvalue weighted by atomic mass is 16.6. The molecule has 2 aliphatic heterocycles. The van der Waals surface area contributed by atoms with Gasteiger partial charge in [-0.25, -0.2) is 15.0 Å². The first-order chi connectivity index (χ1) is 15.6. The summed E-state index contributed by atoms with van der Waals surface area (Å²) in [6, 6.07) is 10.3. The van der Waals surface area contributed by atoms with Gasteiger partial charge in [0.2, 0.25) is 0 Å². The van der Waals surface area contributed by atoms with Gasteiger partial charge in [-0.15, -0.1) is 0 Å². The van der Waals surface area contributed by atoms with Crippen molar-refractivity contribution in [3.8, 4) is 0 Å². The third kappa shape index (κ3) is 3.09. The minimum atomic E-state index is -1.07. The van der Waals surface area contributed by atoms with Crippen LogP contribution < -0.4 is 11.1 Å². The molecular formula is C23H24N6O3. The Bertz CT molecular complexity index is 1320. The molecule has 0 unspecified atom stereocenters. The largest absolute Gasteiger partial charge is 0.388 e. The second-order valence-electron chi connectivity index (χ2n) is 8.50. The van der Waals surface area contributed by atoms with E-state index < -0.39 is 24.5 Å². The number of nitrogens with zero attached hydrogens (tertiary/aromatic N) is 4. The number of hydrogen-bond acceptors (Lipinski definition) is 8. The fourth-order valence-electron chi connectivity index (χ4n) is 4.77. The molecule has 0 aliphatic carbocycles. The molecule has 32 heavy (non-hydrogen) atoms. The van der Waals surface area contributed by atoms with Gasteiger partial charge in [-0.3, -0.25) is 0 Å². The van der Waals surface area contributed by atoms with E-state index in [-0.39, 0.29) is 0 Å². The highest BCUT2D eigenvalue weighted by Crippen LogP contribution is 2.34. The Kier molecular flexibility index (Phi) is 4.49. The van der Waals surface area contributed by atoms with E-state index in [1.54, 1.807) is 16.8 Å². The van der Waals surface area contributed by atoms with Crippen LogP contribution in [0, 0.1) is 0 Å². The molecule has 0 bridgehead atoms. The molecule has 0 saturated carbocycles. The number of anilines is 2. The molecule has 1 saturated heterocycles. The normalized spacial score (nSPS) is 24.8.